The summed E-state index contributed by atoms with van der Waals surface area (Å²) in [6.07, 6.45) is 2.70. The van der Waals surface area contributed by atoms with Crippen LogP contribution >= 0.6 is 0 Å². The predicted octanol–water partition coefficient (Wildman–Crippen LogP) is 2.22. The van der Waals surface area contributed by atoms with E-state index in [0.29, 0.717) is 19.1 Å². The highest BCUT2D eigenvalue weighted by atomic mass is 16.5. The van der Waals surface area contributed by atoms with Gasteiger partial charge < -0.3 is 9.64 Å². The van der Waals surface area contributed by atoms with Crippen LogP contribution in [0.3, 0.4) is 0 Å². The number of carbonyl (C=O) groups excluding carboxylic acids is 2. The molecule has 0 N–H and O–H groups in total. The molecule has 1 fully saturated rings. The smallest absolute Gasteiger partial charge is 0.328 e. The van der Waals surface area contributed by atoms with Crippen LogP contribution in [0.25, 0.3) is 0 Å². The van der Waals surface area contributed by atoms with Gasteiger partial charge in [-0.05, 0) is 32.1 Å². The number of hydrogen-bond acceptors (Lipinski definition) is 3. The van der Waals surface area contributed by atoms with Crippen molar-refractivity contribution in [3.05, 3.63) is 0 Å². The number of hydrogen-bond donors (Lipinski definition) is 0. The summed E-state index contributed by atoms with van der Waals surface area (Å²) in [5, 5.41) is 0. The molecule has 1 aliphatic heterocycles. The number of amides is 1. The third-order valence-electron chi connectivity index (χ3n) is 3.73. The molecule has 1 saturated heterocycles. The van der Waals surface area contributed by atoms with Gasteiger partial charge in [0.1, 0.15) is 6.04 Å². The van der Waals surface area contributed by atoms with E-state index in [-0.39, 0.29) is 23.8 Å². The van der Waals surface area contributed by atoms with Crippen LogP contribution in [0.2, 0.25) is 0 Å². The molecule has 1 rings (SSSR count). The van der Waals surface area contributed by atoms with Crippen LogP contribution in [0, 0.1) is 11.8 Å². The maximum atomic E-state index is 12.4. The number of nitrogens with zero attached hydrogens (tertiary/aromatic N) is 1. The molecule has 0 bridgehead atoms. The zero-order chi connectivity index (χ0) is 13.7. The van der Waals surface area contributed by atoms with Crippen molar-refractivity contribution in [1.29, 1.82) is 0 Å². The summed E-state index contributed by atoms with van der Waals surface area (Å²) in [4.78, 5) is 26.0. The Hall–Kier alpha value is -1.06. The Balaban J connectivity index is 2.76. The minimum Gasteiger partial charge on any atom is -0.464 e. The second-order valence-electron chi connectivity index (χ2n) is 5.33. The number of likely N-dealkylation sites (tertiary alicyclic amines) is 1. The largest absolute Gasteiger partial charge is 0.464 e. The second-order valence-corrected chi connectivity index (χ2v) is 5.33. The SMILES string of the molecule is CCOC(=O)C1CCCCN1C(=O)C(C)C(C)C. The Morgan fingerprint density at radius 3 is 2.50 bits per heavy atom. The van der Waals surface area contributed by atoms with E-state index in [4.69, 9.17) is 4.74 Å². The van der Waals surface area contributed by atoms with Crippen molar-refractivity contribution >= 4 is 11.9 Å². The molecule has 0 aliphatic carbocycles. The number of rotatable bonds is 4. The van der Waals surface area contributed by atoms with Crippen LogP contribution in [0.4, 0.5) is 0 Å². The number of piperidine rings is 1. The van der Waals surface area contributed by atoms with Crippen LogP contribution in [0.15, 0.2) is 0 Å². The topological polar surface area (TPSA) is 46.6 Å². The molecular formula is C14H25NO3. The molecule has 0 radical (unpaired) electrons. The predicted molar refractivity (Wildman–Crippen MR) is 70.0 cm³/mol. The molecule has 0 saturated carbocycles. The zero-order valence-corrected chi connectivity index (χ0v) is 11.9. The standard InChI is InChI=1S/C14H25NO3/c1-5-18-14(17)12-8-6-7-9-15(12)13(16)11(4)10(2)3/h10-12H,5-9H2,1-4H3. The lowest BCUT2D eigenvalue weighted by molar-refractivity contribution is -0.158. The Morgan fingerprint density at radius 2 is 1.94 bits per heavy atom. The molecule has 1 aliphatic rings. The summed E-state index contributed by atoms with van der Waals surface area (Å²) >= 11 is 0. The van der Waals surface area contributed by atoms with Gasteiger partial charge in [-0.3, -0.25) is 4.79 Å². The van der Waals surface area contributed by atoms with E-state index in [2.05, 4.69) is 0 Å². The van der Waals surface area contributed by atoms with Crippen LogP contribution in [0.5, 0.6) is 0 Å². The van der Waals surface area contributed by atoms with E-state index in [0.717, 1.165) is 19.3 Å². The third-order valence-corrected chi connectivity index (χ3v) is 3.73. The van der Waals surface area contributed by atoms with Crippen molar-refractivity contribution in [3.63, 3.8) is 0 Å². The van der Waals surface area contributed by atoms with Gasteiger partial charge in [0.2, 0.25) is 5.91 Å². The van der Waals surface area contributed by atoms with Gasteiger partial charge in [0.15, 0.2) is 0 Å². The van der Waals surface area contributed by atoms with Gasteiger partial charge in [-0.25, -0.2) is 4.79 Å². The molecule has 1 amide bonds. The lowest BCUT2D eigenvalue weighted by Crippen LogP contribution is -2.51. The lowest BCUT2D eigenvalue weighted by Gasteiger charge is -2.36. The monoisotopic (exact) mass is 255 g/mol. The normalized spacial score (nSPS) is 21.8. The highest BCUT2D eigenvalue weighted by molar-refractivity contribution is 5.86. The molecule has 0 spiro atoms. The minimum absolute atomic E-state index is 0.0416. The maximum absolute atomic E-state index is 12.4. The van der Waals surface area contributed by atoms with E-state index in [1.54, 1.807) is 11.8 Å². The maximum Gasteiger partial charge on any atom is 0.328 e. The molecule has 2 unspecified atom stereocenters. The van der Waals surface area contributed by atoms with Gasteiger partial charge in [-0.2, -0.15) is 0 Å². The number of ether oxygens (including phenoxy) is 1. The quantitative estimate of drug-likeness (QED) is 0.724. The average Bonchev–Trinajstić information content (AvgIpc) is 2.37. The first-order valence-electron chi connectivity index (χ1n) is 6.96. The molecule has 0 aromatic carbocycles. The fourth-order valence-corrected chi connectivity index (χ4v) is 2.23. The highest BCUT2D eigenvalue weighted by Gasteiger charge is 2.35. The molecule has 0 aromatic rings. The van der Waals surface area contributed by atoms with Gasteiger partial charge in [-0.15, -0.1) is 0 Å². The molecule has 4 nitrogen and oxygen atoms in total. The zero-order valence-electron chi connectivity index (χ0n) is 11.9. The summed E-state index contributed by atoms with van der Waals surface area (Å²) in [5.74, 6) is 0.0894. The van der Waals surface area contributed by atoms with Crippen molar-refractivity contribution in [1.82, 2.24) is 4.90 Å². The van der Waals surface area contributed by atoms with Crippen LogP contribution < -0.4 is 0 Å². The van der Waals surface area contributed by atoms with Crippen LogP contribution in [0.1, 0.15) is 47.0 Å². The summed E-state index contributed by atoms with van der Waals surface area (Å²) in [6, 6.07) is -0.368. The first-order chi connectivity index (χ1) is 8.49. The molecule has 18 heavy (non-hydrogen) atoms. The molecule has 4 heteroatoms. The summed E-state index contributed by atoms with van der Waals surface area (Å²) in [7, 11) is 0. The van der Waals surface area contributed by atoms with Crippen molar-refractivity contribution < 1.29 is 14.3 Å². The number of carbonyl (C=O) groups is 2. The lowest BCUT2D eigenvalue weighted by atomic mass is 9.93. The van der Waals surface area contributed by atoms with Gasteiger partial charge in [-0.1, -0.05) is 20.8 Å². The van der Waals surface area contributed by atoms with E-state index in [9.17, 15) is 9.59 Å². The Bertz CT molecular complexity index is 301. The van der Waals surface area contributed by atoms with Gasteiger partial charge in [0.25, 0.3) is 0 Å². The van der Waals surface area contributed by atoms with Crippen molar-refractivity contribution in [3.8, 4) is 0 Å². The van der Waals surface area contributed by atoms with Gasteiger partial charge in [0.05, 0.1) is 6.61 Å². The second kappa shape index (κ2) is 6.76. The first kappa shape index (κ1) is 15.0. The fraction of sp³-hybridized carbons (Fsp3) is 0.857. The molecule has 1 heterocycles. The summed E-state index contributed by atoms with van der Waals surface area (Å²) in [5.41, 5.74) is 0. The molecule has 104 valence electrons. The third kappa shape index (κ3) is 3.47. The van der Waals surface area contributed by atoms with E-state index in [1.807, 2.05) is 20.8 Å². The van der Waals surface area contributed by atoms with E-state index < -0.39 is 0 Å². The van der Waals surface area contributed by atoms with E-state index >= 15 is 0 Å². The van der Waals surface area contributed by atoms with Gasteiger partial charge >= 0.3 is 5.97 Å². The summed E-state index contributed by atoms with van der Waals surface area (Å²) < 4.78 is 5.07. The fourth-order valence-electron chi connectivity index (χ4n) is 2.23. The Kier molecular flexibility index (Phi) is 5.63. The average molecular weight is 255 g/mol. The first-order valence-corrected chi connectivity index (χ1v) is 6.96. The van der Waals surface area contributed by atoms with Crippen molar-refractivity contribution in [2.45, 2.75) is 53.0 Å². The van der Waals surface area contributed by atoms with E-state index in [1.165, 1.54) is 0 Å². The number of esters is 1. The Morgan fingerprint density at radius 1 is 1.28 bits per heavy atom. The molecule has 0 aromatic heterocycles. The minimum atomic E-state index is -0.368. The highest BCUT2D eigenvalue weighted by Crippen LogP contribution is 2.23. The van der Waals surface area contributed by atoms with Gasteiger partial charge in [0, 0.05) is 12.5 Å². The molecular weight excluding hydrogens is 230 g/mol. The molecule has 2 atom stereocenters. The summed E-state index contributed by atoms with van der Waals surface area (Å²) in [6.45, 7) is 8.85. The van der Waals surface area contributed by atoms with Crippen LogP contribution in [-0.2, 0) is 14.3 Å². The van der Waals surface area contributed by atoms with Crippen molar-refractivity contribution in [2.24, 2.45) is 11.8 Å². The van der Waals surface area contributed by atoms with Crippen LogP contribution in [-0.4, -0.2) is 36.0 Å². The Labute approximate surface area is 110 Å². The van der Waals surface area contributed by atoms with Crippen molar-refractivity contribution in [2.75, 3.05) is 13.2 Å².